The van der Waals surface area contributed by atoms with Crippen LogP contribution in [0.15, 0.2) is 40.2 Å². The van der Waals surface area contributed by atoms with Crippen molar-refractivity contribution >= 4 is 39.2 Å². The maximum Gasteiger partial charge on any atom is 0.244 e. The largest absolute Gasteiger partial charge is 0.454 e. The van der Waals surface area contributed by atoms with E-state index in [0.717, 1.165) is 14.9 Å². The highest BCUT2D eigenvalue weighted by Gasteiger charge is 2.15. The van der Waals surface area contributed by atoms with E-state index >= 15 is 0 Å². The van der Waals surface area contributed by atoms with E-state index in [-0.39, 0.29) is 12.7 Å². The lowest BCUT2D eigenvalue weighted by atomic mass is 10.2. The Kier molecular flexibility index (Phi) is 4.26. The molecule has 6 heteroatoms. The van der Waals surface area contributed by atoms with Gasteiger partial charge in [0.1, 0.15) is 0 Å². The number of carbonyl (C=O) groups excluding carboxylic acids is 1. The van der Waals surface area contributed by atoms with Crippen LogP contribution in [0.4, 0.5) is 0 Å². The molecule has 1 aliphatic rings. The highest BCUT2D eigenvalue weighted by atomic mass is 79.9. The third-order valence-electron chi connectivity index (χ3n) is 2.92. The maximum absolute atomic E-state index is 11.8. The zero-order chi connectivity index (χ0) is 14.7. The molecule has 0 aliphatic carbocycles. The van der Waals surface area contributed by atoms with E-state index in [2.05, 4.69) is 21.2 Å². The van der Waals surface area contributed by atoms with Crippen LogP contribution in [-0.2, 0) is 11.3 Å². The minimum absolute atomic E-state index is 0.132. The maximum atomic E-state index is 11.8. The van der Waals surface area contributed by atoms with Crippen LogP contribution in [0.5, 0.6) is 11.5 Å². The number of amides is 1. The number of benzene rings is 1. The molecule has 1 aromatic heterocycles. The lowest BCUT2D eigenvalue weighted by Gasteiger charge is -2.02. The minimum atomic E-state index is -0.132. The first kappa shape index (κ1) is 14.2. The first-order chi connectivity index (χ1) is 10.2. The van der Waals surface area contributed by atoms with Crippen LogP contribution in [0.2, 0.25) is 0 Å². The predicted octanol–water partition coefficient (Wildman–Crippen LogP) is 3.57. The van der Waals surface area contributed by atoms with Crippen LogP contribution in [0.25, 0.3) is 6.08 Å². The summed E-state index contributed by atoms with van der Waals surface area (Å²) in [5.74, 6) is 1.27. The number of fused-ring (bicyclic) bond motifs is 1. The van der Waals surface area contributed by atoms with Gasteiger partial charge in [-0.3, -0.25) is 4.79 Å². The van der Waals surface area contributed by atoms with Gasteiger partial charge in [0, 0.05) is 15.4 Å². The van der Waals surface area contributed by atoms with Crippen molar-refractivity contribution in [3.63, 3.8) is 0 Å². The monoisotopic (exact) mass is 365 g/mol. The molecular formula is C15H12BrNO3S. The molecule has 0 fully saturated rings. The van der Waals surface area contributed by atoms with Gasteiger partial charge in [0.05, 0.1) is 6.54 Å². The molecule has 0 unspecified atom stereocenters. The smallest absolute Gasteiger partial charge is 0.244 e. The molecule has 3 rings (SSSR count). The van der Waals surface area contributed by atoms with E-state index in [0.29, 0.717) is 18.0 Å². The summed E-state index contributed by atoms with van der Waals surface area (Å²) in [6.07, 6.45) is 3.26. The van der Waals surface area contributed by atoms with Gasteiger partial charge in [0.15, 0.2) is 11.5 Å². The average Bonchev–Trinajstić information content (AvgIpc) is 3.13. The molecule has 0 spiro atoms. The second-order valence-corrected chi connectivity index (χ2v) is 6.24. The number of thiophene rings is 1. The van der Waals surface area contributed by atoms with Crippen molar-refractivity contribution in [3.05, 3.63) is 50.6 Å². The summed E-state index contributed by atoms with van der Waals surface area (Å²) in [5.41, 5.74) is 0.866. The fourth-order valence-corrected chi connectivity index (χ4v) is 2.97. The molecule has 0 saturated carbocycles. The molecule has 0 radical (unpaired) electrons. The van der Waals surface area contributed by atoms with E-state index in [4.69, 9.17) is 9.47 Å². The second kappa shape index (κ2) is 6.32. The standard InChI is InChI=1S/C15H12BrNO3S/c16-12-7-14-13(19-9-20-14)6-10(12)3-4-15(18)17-8-11-2-1-5-21-11/h1-7H,8-9H2,(H,17,18). The van der Waals surface area contributed by atoms with Gasteiger partial charge < -0.3 is 14.8 Å². The van der Waals surface area contributed by atoms with Crippen LogP contribution in [0.1, 0.15) is 10.4 Å². The summed E-state index contributed by atoms with van der Waals surface area (Å²) < 4.78 is 11.5. The number of halogens is 1. The van der Waals surface area contributed by atoms with Crippen molar-refractivity contribution in [2.45, 2.75) is 6.54 Å². The molecule has 0 bridgehead atoms. The zero-order valence-corrected chi connectivity index (χ0v) is 13.4. The summed E-state index contributed by atoms with van der Waals surface area (Å²) in [4.78, 5) is 12.9. The van der Waals surface area contributed by atoms with Crippen molar-refractivity contribution < 1.29 is 14.3 Å². The molecule has 2 heterocycles. The van der Waals surface area contributed by atoms with E-state index in [9.17, 15) is 4.79 Å². The van der Waals surface area contributed by atoms with Gasteiger partial charge in [-0.25, -0.2) is 0 Å². The number of carbonyl (C=O) groups is 1. The van der Waals surface area contributed by atoms with Crippen molar-refractivity contribution in [3.8, 4) is 11.5 Å². The first-order valence-corrected chi connectivity index (χ1v) is 7.97. The predicted molar refractivity (Wildman–Crippen MR) is 85.5 cm³/mol. The molecule has 1 amide bonds. The van der Waals surface area contributed by atoms with Gasteiger partial charge in [-0.15, -0.1) is 11.3 Å². The van der Waals surface area contributed by atoms with Gasteiger partial charge in [0.25, 0.3) is 0 Å². The Morgan fingerprint density at radius 3 is 2.95 bits per heavy atom. The van der Waals surface area contributed by atoms with E-state index in [1.54, 1.807) is 17.4 Å². The van der Waals surface area contributed by atoms with Gasteiger partial charge in [-0.05, 0) is 35.2 Å². The van der Waals surface area contributed by atoms with Crippen molar-refractivity contribution in [1.82, 2.24) is 5.32 Å². The molecular weight excluding hydrogens is 354 g/mol. The first-order valence-electron chi connectivity index (χ1n) is 6.30. The van der Waals surface area contributed by atoms with Crippen LogP contribution >= 0.6 is 27.3 Å². The molecule has 1 aliphatic heterocycles. The Hall–Kier alpha value is -1.79. The lowest BCUT2D eigenvalue weighted by molar-refractivity contribution is -0.116. The summed E-state index contributed by atoms with van der Waals surface area (Å²) in [7, 11) is 0. The highest BCUT2D eigenvalue weighted by molar-refractivity contribution is 9.10. The Bertz CT molecular complexity index is 682. The summed E-state index contributed by atoms with van der Waals surface area (Å²) in [6.45, 7) is 0.777. The third-order valence-corrected chi connectivity index (χ3v) is 4.49. The molecule has 0 atom stereocenters. The van der Waals surface area contributed by atoms with Crippen LogP contribution < -0.4 is 14.8 Å². The number of nitrogens with one attached hydrogen (secondary N) is 1. The normalized spacial score (nSPS) is 12.8. The molecule has 21 heavy (non-hydrogen) atoms. The second-order valence-electron chi connectivity index (χ2n) is 4.36. The Morgan fingerprint density at radius 2 is 2.19 bits per heavy atom. The summed E-state index contributed by atoms with van der Waals surface area (Å²) >= 11 is 5.07. The fourth-order valence-electron chi connectivity index (χ4n) is 1.87. The highest BCUT2D eigenvalue weighted by Crippen LogP contribution is 2.37. The number of hydrogen-bond donors (Lipinski definition) is 1. The molecule has 1 N–H and O–H groups in total. The number of rotatable bonds is 4. The summed E-state index contributed by atoms with van der Waals surface area (Å²) in [6, 6.07) is 7.63. The molecule has 108 valence electrons. The van der Waals surface area contributed by atoms with Gasteiger partial charge in [0.2, 0.25) is 12.7 Å². The SMILES string of the molecule is O=C(C=Cc1cc2c(cc1Br)OCO2)NCc1cccs1. The van der Waals surface area contributed by atoms with E-state index in [1.165, 1.54) is 6.08 Å². The lowest BCUT2D eigenvalue weighted by Crippen LogP contribution is -2.19. The number of hydrogen-bond acceptors (Lipinski definition) is 4. The summed E-state index contributed by atoms with van der Waals surface area (Å²) in [5, 5.41) is 4.83. The van der Waals surface area contributed by atoms with E-state index < -0.39 is 0 Å². The fraction of sp³-hybridized carbons (Fsp3) is 0.133. The zero-order valence-electron chi connectivity index (χ0n) is 11.0. The third kappa shape index (κ3) is 3.46. The quantitative estimate of drug-likeness (QED) is 0.842. The van der Waals surface area contributed by atoms with Gasteiger partial charge in [-0.2, -0.15) is 0 Å². The van der Waals surface area contributed by atoms with Crippen LogP contribution in [-0.4, -0.2) is 12.7 Å². The van der Waals surface area contributed by atoms with Crippen molar-refractivity contribution in [2.24, 2.45) is 0 Å². The minimum Gasteiger partial charge on any atom is -0.454 e. The molecule has 1 aromatic carbocycles. The Morgan fingerprint density at radius 1 is 1.38 bits per heavy atom. The van der Waals surface area contributed by atoms with Crippen LogP contribution in [0, 0.1) is 0 Å². The topological polar surface area (TPSA) is 47.6 Å². The Balaban J connectivity index is 1.64. The van der Waals surface area contributed by atoms with Gasteiger partial charge in [-0.1, -0.05) is 22.0 Å². The molecule has 4 nitrogen and oxygen atoms in total. The van der Waals surface area contributed by atoms with E-state index in [1.807, 2.05) is 29.6 Å². The molecule has 0 saturated heterocycles. The van der Waals surface area contributed by atoms with Gasteiger partial charge >= 0.3 is 0 Å². The molecule has 2 aromatic rings. The van der Waals surface area contributed by atoms with Crippen LogP contribution in [0.3, 0.4) is 0 Å². The number of ether oxygens (including phenoxy) is 2. The van der Waals surface area contributed by atoms with Crippen molar-refractivity contribution in [2.75, 3.05) is 6.79 Å². The Labute approximate surface area is 134 Å². The van der Waals surface area contributed by atoms with Crippen molar-refractivity contribution in [1.29, 1.82) is 0 Å². The average molecular weight is 366 g/mol.